The van der Waals surface area contributed by atoms with Crippen molar-refractivity contribution < 1.29 is 22.4 Å². The average molecular weight is 490 g/mol. The summed E-state index contributed by atoms with van der Waals surface area (Å²) in [6, 6.07) is 15.3. The molecule has 1 aliphatic rings. The number of carbonyl (C=O) groups is 1. The van der Waals surface area contributed by atoms with Gasteiger partial charge < -0.3 is 9.88 Å². The number of likely N-dealkylation sites (tertiary alicyclic amines) is 1. The monoisotopic (exact) mass is 489 g/mol. The SMILES string of the molecule is CC(C)(Cc1ccc(F)cc1)N1CCC(CN(CC(F)(F)F)C(=O)c2cc3ccccc3[nH]2)CC1. The van der Waals surface area contributed by atoms with Gasteiger partial charge in [0.15, 0.2) is 0 Å². The number of H-pyrrole nitrogens is 1. The Morgan fingerprint density at radius 2 is 1.71 bits per heavy atom. The first-order chi connectivity index (χ1) is 16.5. The van der Waals surface area contributed by atoms with Gasteiger partial charge in [-0.3, -0.25) is 9.69 Å². The molecule has 0 saturated carbocycles. The molecule has 0 bridgehead atoms. The van der Waals surface area contributed by atoms with Crippen molar-refractivity contribution in [2.24, 2.45) is 5.92 Å². The number of halogens is 4. The van der Waals surface area contributed by atoms with Crippen LogP contribution in [-0.2, 0) is 6.42 Å². The Kier molecular flexibility index (Phi) is 7.22. The largest absolute Gasteiger partial charge is 0.406 e. The highest BCUT2D eigenvalue weighted by atomic mass is 19.4. The van der Waals surface area contributed by atoms with E-state index in [9.17, 15) is 22.4 Å². The minimum Gasteiger partial charge on any atom is -0.351 e. The molecule has 8 heteroatoms. The van der Waals surface area contributed by atoms with Crippen LogP contribution in [0.4, 0.5) is 17.6 Å². The number of nitrogens with zero attached hydrogens (tertiary/aromatic N) is 2. The van der Waals surface area contributed by atoms with Crippen LogP contribution in [-0.4, -0.2) is 58.6 Å². The molecule has 1 amide bonds. The number of carbonyl (C=O) groups excluding carboxylic acids is 1. The minimum absolute atomic E-state index is 0.0106. The number of piperidine rings is 1. The van der Waals surface area contributed by atoms with E-state index in [1.54, 1.807) is 24.3 Å². The standard InChI is InChI=1S/C27H31F4N3O/c1-26(2,16-19-7-9-22(28)10-8-19)34-13-11-20(12-14-34)17-33(18-27(29,30)31)25(35)24-15-21-5-3-4-6-23(21)32-24/h3-10,15,20,32H,11-14,16-18H2,1-2H3. The molecule has 3 aromatic rings. The van der Waals surface area contributed by atoms with Gasteiger partial charge in [-0.05, 0) is 81.9 Å². The zero-order valence-electron chi connectivity index (χ0n) is 20.0. The van der Waals surface area contributed by atoms with Crippen molar-refractivity contribution in [3.05, 3.63) is 71.7 Å². The summed E-state index contributed by atoms with van der Waals surface area (Å²) in [4.78, 5) is 19.3. The number of benzene rings is 2. The molecule has 35 heavy (non-hydrogen) atoms. The molecular weight excluding hydrogens is 458 g/mol. The fraction of sp³-hybridized carbons (Fsp3) is 0.444. The van der Waals surface area contributed by atoms with Crippen LogP contribution in [0.5, 0.6) is 0 Å². The first-order valence-electron chi connectivity index (χ1n) is 11.9. The number of hydrogen-bond donors (Lipinski definition) is 1. The molecule has 4 rings (SSSR count). The average Bonchev–Trinajstić information content (AvgIpc) is 3.23. The molecule has 0 aliphatic carbocycles. The van der Waals surface area contributed by atoms with Crippen molar-refractivity contribution >= 4 is 16.8 Å². The summed E-state index contributed by atoms with van der Waals surface area (Å²) in [6.45, 7) is 4.54. The van der Waals surface area contributed by atoms with E-state index >= 15 is 0 Å². The van der Waals surface area contributed by atoms with Crippen molar-refractivity contribution in [2.75, 3.05) is 26.2 Å². The van der Waals surface area contributed by atoms with Crippen LogP contribution >= 0.6 is 0 Å². The van der Waals surface area contributed by atoms with Gasteiger partial charge in [-0.25, -0.2) is 4.39 Å². The number of nitrogens with one attached hydrogen (secondary N) is 1. The van der Waals surface area contributed by atoms with Gasteiger partial charge in [0.05, 0.1) is 0 Å². The Morgan fingerprint density at radius 1 is 1.06 bits per heavy atom. The number of hydrogen-bond acceptors (Lipinski definition) is 2. The normalized spacial score (nSPS) is 16.1. The summed E-state index contributed by atoms with van der Waals surface area (Å²) >= 11 is 0. The Bertz CT molecular complexity index is 1110. The fourth-order valence-electron chi connectivity index (χ4n) is 5.04. The van der Waals surface area contributed by atoms with Crippen molar-refractivity contribution in [1.82, 2.24) is 14.8 Å². The second kappa shape index (κ2) is 10.0. The lowest BCUT2D eigenvalue weighted by molar-refractivity contribution is -0.142. The number of para-hydroxylation sites is 1. The van der Waals surface area contributed by atoms with Crippen molar-refractivity contribution in [3.63, 3.8) is 0 Å². The van der Waals surface area contributed by atoms with Crippen molar-refractivity contribution in [2.45, 2.75) is 44.8 Å². The second-order valence-corrected chi connectivity index (χ2v) is 10.1. The van der Waals surface area contributed by atoms with E-state index in [1.807, 2.05) is 18.2 Å². The first kappa shape index (κ1) is 25.2. The van der Waals surface area contributed by atoms with Gasteiger partial charge in [-0.15, -0.1) is 0 Å². The van der Waals surface area contributed by atoms with E-state index in [4.69, 9.17) is 0 Å². The molecule has 1 saturated heterocycles. The molecule has 0 atom stereocenters. The lowest BCUT2D eigenvalue weighted by atomic mass is 9.88. The highest BCUT2D eigenvalue weighted by molar-refractivity contribution is 5.98. The third-order valence-electron chi connectivity index (χ3n) is 6.92. The number of rotatable bonds is 7. The van der Waals surface area contributed by atoms with Crippen molar-refractivity contribution in [1.29, 1.82) is 0 Å². The molecule has 1 aromatic heterocycles. The van der Waals surface area contributed by atoms with Gasteiger partial charge in [0.2, 0.25) is 0 Å². The Morgan fingerprint density at radius 3 is 2.34 bits per heavy atom. The zero-order chi connectivity index (χ0) is 25.2. The number of alkyl halides is 3. The molecule has 1 aliphatic heterocycles. The topological polar surface area (TPSA) is 39.3 Å². The summed E-state index contributed by atoms with van der Waals surface area (Å²) in [5, 5.41) is 0.791. The first-order valence-corrected chi connectivity index (χ1v) is 11.9. The molecular formula is C27H31F4N3O. The summed E-state index contributed by atoms with van der Waals surface area (Å²) in [5.41, 5.74) is 1.76. The highest BCUT2D eigenvalue weighted by Gasteiger charge is 2.37. The quantitative estimate of drug-likeness (QED) is 0.411. The van der Waals surface area contributed by atoms with Crippen LogP contribution in [0.25, 0.3) is 10.9 Å². The molecule has 188 valence electrons. The van der Waals surface area contributed by atoms with E-state index in [0.29, 0.717) is 12.8 Å². The molecule has 4 nitrogen and oxygen atoms in total. The molecule has 2 aromatic carbocycles. The number of aromatic amines is 1. The molecule has 0 unspecified atom stereocenters. The molecule has 1 N–H and O–H groups in total. The van der Waals surface area contributed by atoms with E-state index in [1.165, 1.54) is 12.1 Å². The van der Waals surface area contributed by atoms with Crippen LogP contribution in [0.3, 0.4) is 0 Å². The highest BCUT2D eigenvalue weighted by Crippen LogP contribution is 2.29. The maximum absolute atomic E-state index is 13.4. The van der Waals surface area contributed by atoms with Gasteiger partial charge in [0.25, 0.3) is 5.91 Å². The molecule has 0 spiro atoms. The van der Waals surface area contributed by atoms with Crippen LogP contribution in [0.1, 0.15) is 42.7 Å². The maximum Gasteiger partial charge on any atom is 0.406 e. The Labute approximate surface area is 202 Å². The van der Waals surface area contributed by atoms with E-state index in [-0.39, 0.29) is 29.5 Å². The Hall–Kier alpha value is -2.87. The van der Waals surface area contributed by atoms with Gasteiger partial charge in [0, 0.05) is 23.0 Å². The number of fused-ring (bicyclic) bond motifs is 1. The molecule has 2 heterocycles. The van der Waals surface area contributed by atoms with Crippen LogP contribution in [0.2, 0.25) is 0 Å². The molecule has 1 fully saturated rings. The smallest absolute Gasteiger partial charge is 0.351 e. The molecule has 0 radical (unpaired) electrons. The maximum atomic E-state index is 13.4. The lowest BCUT2D eigenvalue weighted by Gasteiger charge is -2.44. The predicted molar refractivity (Wildman–Crippen MR) is 129 cm³/mol. The zero-order valence-corrected chi connectivity index (χ0v) is 20.0. The predicted octanol–water partition coefficient (Wildman–Crippen LogP) is 6.04. The third-order valence-corrected chi connectivity index (χ3v) is 6.92. The van der Waals surface area contributed by atoms with Crippen LogP contribution < -0.4 is 0 Å². The van der Waals surface area contributed by atoms with Gasteiger partial charge in [-0.2, -0.15) is 13.2 Å². The third kappa shape index (κ3) is 6.42. The van der Waals surface area contributed by atoms with E-state index in [2.05, 4.69) is 23.7 Å². The Balaban J connectivity index is 1.40. The summed E-state index contributed by atoms with van der Waals surface area (Å²) in [7, 11) is 0. The minimum atomic E-state index is -4.47. The van der Waals surface area contributed by atoms with Gasteiger partial charge in [-0.1, -0.05) is 30.3 Å². The van der Waals surface area contributed by atoms with Crippen molar-refractivity contribution in [3.8, 4) is 0 Å². The number of amides is 1. The van der Waals surface area contributed by atoms with Crippen LogP contribution in [0, 0.1) is 11.7 Å². The summed E-state index contributed by atoms with van der Waals surface area (Å²) < 4.78 is 53.3. The summed E-state index contributed by atoms with van der Waals surface area (Å²) in [6.07, 6.45) is -2.31. The lowest BCUT2D eigenvalue weighted by Crippen LogP contribution is -2.51. The second-order valence-electron chi connectivity index (χ2n) is 10.1. The van der Waals surface area contributed by atoms with Crippen LogP contribution in [0.15, 0.2) is 54.6 Å². The van der Waals surface area contributed by atoms with E-state index < -0.39 is 18.6 Å². The van der Waals surface area contributed by atoms with Gasteiger partial charge >= 0.3 is 6.18 Å². The number of aromatic nitrogens is 1. The fourth-order valence-corrected chi connectivity index (χ4v) is 5.04. The van der Waals surface area contributed by atoms with Gasteiger partial charge in [0.1, 0.15) is 18.1 Å². The summed E-state index contributed by atoms with van der Waals surface area (Å²) in [5.74, 6) is -0.904. The van der Waals surface area contributed by atoms with E-state index in [0.717, 1.165) is 40.9 Å².